The zero-order valence-electron chi connectivity index (χ0n) is 14.1. The Morgan fingerprint density at radius 1 is 1.23 bits per heavy atom. The van der Waals surface area contributed by atoms with E-state index in [0.29, 0.717) is 10.6 Å². The van der Waals surface area contributed by atoms with E-state index < -0.39 is 11.2 Å². The fourth-order valence-corrected chi connectivity index (χ4v) is 3.70. The summed E-state index contributed by atoms with van der Waals surface area (Å²) in [7, 11) is 0. The van der Waals surface area contributed by atoms with Gasteiger partial charge in [-0.1, -0.05) is 23.9 Å². The van der Waals surface area contributed by atoms with Gasteiger partial charge in [-0.25, -0.2) is 4.79 Å². The van der Waals surface area contributed by atoms with E-state index in [1.54, 1.807) is 25.1 Å². The first-order valence-electron chi connectivity index (χ1n) is 7.93. The molecule has 0 bridgehead atoms. The Morgan fingerprint density at radius 3 is 2.81 bits per heavy atom. The van der Waals surface area contributed by atoms with Crippen molar-refractivity contribution in [2.75, 3.05) is 13.2 Å². The van der Waals surface area contributed by atoms with Gasteiger partial charge in [0.1, 0.15) is 12.5 Å². The molecule has 2 aromatic carbocycles. The average molecular weight is 374 g/mol. The predicted molar refractivity (Wildman–Crippen MR) is 98.8 cm³/mol. The van der Waals surface area contributed by atoms with E-state index in [9.17, 15) is 14.7 Å². The Hall–Kier alpha value is -2.55. The van der Waals surface area contributed by atoms with Gasteiger partial charge in [-0.05, 0) is 42.0 Å². The lowest BCUT2D eigenvalue weighted by atomic mass is 10.1. The minimum Gasteiger partial charge on any atom is -0.508 e. The van der Waals surface area contributed by atoms with Crippen LogP contribution in [0.3, 0.4) is 0 Å². The first kappa shape index (κ1) is 18.2. The normalized spacial score (nSPS) is 11.2. The molecule has 3 rings (SSSR count). The second-order valence-electron chi connectivity index (χ2n) is 5.64. The van der Waals surface area contributed by atoms with E-state index in [2.05, 4.69) is 4.98 Å². The number of phenols is 1. The number of aliphatic hydroxyl groups is 1. The Kier molecular flexibility index (Phi) is 5.46. The molecule has 0 radical (unpaired) electrons. The quantitative estimate of drug-likeness (QED) is 0.449. The Bertz CT molecular complexity index is 1060. The highest BCUT2D eigenvalue weighted by Gasteiger charge is 2.15. The molecule has 3 N–H and O–H groups in total. The molecular weight excluding hydrogens is 356 g/mol. The maximum Gasteiger partial charge on any atom is 0.331 e. The van der Waals surface area contributed by atoms with Crippen LogP contribution in [0.25, 0.3) is 10.8 Å². The number of aliphatic hydroxyl groups excluding tert-OH is 1. The molecule has 0 fully saturated rings. The fourth-order valence-electron chi connectivity index (χ4n) is 2.55. The summed E-state index contributed by atoms with van der Waals surface area (Å²) >= 11 is 1.28. The van der Waals surface area contributed by atoms with Crippen LogP contribution in [0, 0.1) is 6.92 Å². The lowest BCUT2D eigenvalue weighted by molar-refractivity contribution is 0.0411. The maximum absolute atomic E-state index is 12.2. The number of nitrogens with zero attached hydrogens (tertiary/aromatic N) is 1. The summed E-state index contributed by atoms with van der Waals surface area (Å²) < 4.78 is 6.60. The first-order valence-corrected chi connectivity index (χ1v) is 8.75. The zero-order chi connectivity index (χ0) is 18.7. The van der Waals surface area contributed by atoms with Gasteiger partial charge in [0.25, 0.3) is 5.56 Å². The van der Waals surface area contributed by atoms with Crippen LogP contribution in [0.1, 0.15) is 5.56 Å². The SMILES string of the molecule is Cc1c(Sc2cccc3cc(O)ccc23)n(COCCO)c(=O)[nH]c1=O. The molecule has 0 atom stereocenters. The smallest absolute Gasteiger partial charge is 0.331 e. The first-order chi connectivity index (χ1) is 12.5. The van der Waals surface area contributed by atoms with Crippen LogP contribution in [0.15, 0.2) is 55.9 Å². The van der Waals surface area contributed by atoms with E-state index in [-0.39, 0.29) is 25.7 Å². The van der Waals surface area contributed by atoms with Crippen LogP contribution >= 0.6 is 11.8 Å². The Morgan fingerprint density at radius 2 is 2.04 bits per heavy atom. The van der Waals surface area contributed by atoms with Crippen molar-refractivity contribution in [1.82, 2.24) is 9.55 Å². The van der Waals surface area contributed by atoms with Gasteiger partial charge in [0.15, 0.2) is 0 Å². The third-order valence-electron chi connectivity index (χ3n) is 3.86. The molecule has 0 aliphatic rings. The summed E-state index contributed by atoms with van der Waals surface area (Å²) in [6.07, 6.45) is 0. The van der Waals surface area contributed by atoms with Crippen molar-refractivity contribution in [1.29, 1.82) is 0 Å². The molecule has 0 spiro atoms. The van der Waals surface area contributed by atoms with Crippen LogP contribution in [-0.2, 0) is 11.5 Å². The highest BCUT2D eigenvalue weighted by Crippen LogP contribution is 2.35. The van der Waals surface area contributed by atoms with Crippen LogP contribution in [-0.4, -0.2) is 33.0 Å². The van der Waals surface area contributed by atoms with Crippen molar-refractivity contribution in [2.24, 2.45) is 0 Å². The highest BCUT2D eigenvalue weighted by atomic mass is 32.2. The van der Waals surface area contributed by atoms with Gasteiger partial charge in [0.05, 0.1) is 18.2 Å². The van der Waals surface area contributed by atoms with Gasteiger partial charge >= 0.3 is 5.69 Å². The molecule has 0 aliphatic heterocycles. The monoisotopic (exact) mass is 374 g/mol. The largest absolute Gasteiger partial charge is 0.508 e. The van der Waals surface area contributed by atoms with Crippen molar-refractivity contribution in [2.45, 2.75) is 23.6 Å². The highest BCUT2D eigenvalue weighted by molar-refractivity contribution is 7.99. The number of hydrogen-bond donors (Lipinski definition) is 3. The number of aromatic amines is 1. The topological polar surface area (TPSA) is 105 Å². The summed E-state index contributed by atoms with van der Waals surface area (Å²) in [6, 6.07) is 10.6. The summed E-state index contributed by atoms with van der Waals surface area (Å²) in [5.74, 6) is 0.168. The number of ether oxygens (including phenoxy) is 1. The van der Waals surface area contributed by atoms with E-state index in [0.717, 1.165) is 15.7 Å². The number of H-pyrrole nitrogens is 1. The molecule has 3 aromatic rings. The average Bonchev–Trinajstić information content (AvgIpc) is 2.61. The number of fused-ring (bicyclic) bond motifs is 1. The minimum atomic E-state index is -0.570. The van der Waals surface area contributed by atoms with Crippen LogP contribution in [0.2, 0.25) is 0 Å². The number of nitrogens with one attached hydrogen (secondary N) is 1. The van der Waals surface area contributed by atoms with E-state index in [1.165, 1.54) is 16.3 Å². The van der Waals surface area contributed by atoms with Gasteiger partial charge in [0.2, 0.25) is 0 Å². The van der Waals surface area contributed by atoms with Gasteiger partial charge in [-0.2, -0.15) is 0 Å². The molecular formula is C18H18N2O5S. The number of hydrogen-bond acceptors (Lipinski definition) is 6. The van der Waals surface area contributed by atoms with Gasteiger partial charge in [0, 0.05) is 10.5 Å². The van der Waals surface area contributed by atoms with Crippen molar-refractivity contribution < 1.29 is 14.9 Å². The molecule has 1 aromatic heterocycles. The van der Waals surface area contributed by atoms with Crippen molar-refractivity contribution in [3.8, 4) is 5.75 Å². The predicted octanol–water partition coefficient (Wildman–Crippen LogP) is 1.82. The van der Waals surface area contributed by atoms with Crippen molar-refractivity contribution in [3.05, 3.63) is 62.8 Å². The number of benzene rings is 2. The molecule has 7 nitrogen and oxygen atoms in total. The van der Waals surface area contributed by atoms with Gasteiger partial charge in [-0.15, -0.1) is 0 Å². The lowest BCUT2D eigenvalue weighted by Crippen LogP contribution is -2.33. The molecule has 0 amide bonds. The van der Waals surface area contributed by atoms with Gasteiger partial charge < -0.3 is 14.9 Å². The molecule has 0 unspecified atom stereocenters. The number of rotatable bonds is 6. The van der Waals surface area contributed by atoms with Crippen molar-refractivity contribution in [3.63, 3.8) is 0 Å². The molecule has 0 saturated heterocycles. The standard InChI is InChI=1S/C18H18N2O5S/c1-11-16(23)19-18(24)20(10-25-8-7-21)17(11)26-15-4-2-3-12-9-13(22)5-6-14(12)15/h2-6,9,21-22H,7-8,10H2,1H3,(H,19,23,24). The molecule has 136 valence electrons. The Labute approximate surface area is 152 Å². The van der Waals surface area contributed by atoms with Crippen LogP contribution < -0.4 is 11.2 Å². The molecule has 0 saturated carbocycles. The minimum absolute atomic E-state index is 0.0785. The molecule has 1 heterocycles. The Balaban J connectivity index is 2.10. The number of aromatic nitrogens is 2. The van der Waals surface area contributed by atoms with Crippen LogP contribution in [0.5, 0.6) is 5.75 Å². The maximum atomic E-state index is 12.2. The number of aromatic hydroxyl groups is 1. The molecule has 8 heteroatoms. The fraction of sp³-hybridized carbons (Fsp3) is 0.222. The summed E-state index contributed by atoms with van der Waals surface area (Å²) in [4.78, 5) is 27.4. The summed E-state index contributed by atoms with van der Waals surface area (Å²) in [6.45, 7) is 1.49. The summed E-state index contributed by atoms with van der Waals surface area (Å²) in [5, 5.41) is 20.7. The third kappa shape index (κ3) is 3.67. The van der Waals surface area contributed by atoms with E-state index in [1.807, 2.05) is 18.2 Å². The number of phenolic OH excluding ortho intramolecular Hbond substituents is 1. The molecule has 26 heavy (non-hydrogen) atoms. The van der Waals surface area contributed by atoms with E-state index in [4.69, 9.17) is 9.84 Å². The van der Waals surface area contributed by atoms with Crippen LogP contribution in [0.4, 0.5) is 0 Å². The van der Waals surface area contributed by atoms with E-state index >= 15 is 0 Å². The lowest BCUT2D eigenvalue weighted by Gasteiger charge is -2.15. The van der Waals surface area contributed by atoms with Crippen molar-refractivity contribution >= 4 is 22.5 Å². The summed E-state index contributed by atoms with van der Waals surface area (Å²) in [5.41, 5.74) is -0.620. The third-order valence-corrected chi connectivity index (χ3v) is 5.15. The zero-order valence-corrected chi connectivity index (χ0v) is 14.9. The van der Waals surface area contributed by atoms with Gasteiger partial charge in [-0.3, -0.25) is 14.3 Å². The second kappa shape index (κ2) is 7.77. The molecule has 0 aliphatic carbocycles. The second-order valence-corrected chi connectivity index (χ2v) is 6.67.